The SMILES string of the molecule is O=C(NCc1cccnc1-n1cnc2ccccc21)c1n[nH]c2c1CCC2. The van der Waals surface area contributed by atoms with Gasteiger partial charge in [0.05, 0.1) is 11.0 Å². The number of para-hydroxylation sites is 2. The molecule has 1 aromatic carbocycles. The van der Waals surface area contributed by atoms with Crippen molar-refractivity contribution >= 4 is 16.9 Å². The van der Waals surface area contributed by atoms with E-state index in [0.717, 1.165) is 52.9 Å². The molecular weight excluding hydrogens is 340 g/mol. The van der Waals surface area contributed by atoms with Crippen LogP contribution in [0.25, 0.3) is 16.9 Å². The Bertz CT molecular complexity index is 1140. The van der Waals surface area contributed by atoms with Crippen LogP contribution in [0.2, 0.25) is 0 Å². The van der Waals surface area contributed by atoms with Crippen LogP contribution in [0.1, 0.15) is 33.7 Å². The number of fused-ring (bicyclic) bond motifs is 2. The maximum Gasteiger partial charge on any atom is 0.272 e. The summed E-state index contributed by atoms with van der Waals surface area (Å²) in [5.74, 6) is 0.610. The van der Waals surface area contributed by atoms with Gasteiger partial charge in [0, 0.05) is 29.6 Å². The van der Waals surface area contributed by atoms with E-state index in [2.05, 4.69) is 25.5 Å². The number of carbonyl (C=O) groups excluding carboxylic acids is 1. The third-order valence-corrected chi connectivity index (χ3v) is 5.01. The molecule has 1 amide bonds. The van der Waals surface area contributed by atoms with Gasteiger partial charge in [0.2, 0.25) is 0 Å². The Morgan fingerprint density at radius 2 is 2.07 bits per heavy atom. The molecule has 4 aromatic rings. The van der Waals surface area contributed by atoms with Crippen LogP contribution in [0.3, 0.4) is 0 Å². The maximum atomic E-state index is 12.6. The van der Waals surface area contributed by atoms with Crippen molar-refractivity contribution in [3.8, 4) is 5.82 Å². The number of hydrogen-bond donors (Lipinski definition) is 2. The molecule has 134 valence electrons. The molecule has 0 unspecified atom stereocenters. The summed E-state index contributed by atoms with van der Waals surface area (Å²) < 4.78 is 1.95. The number of nitrogens with one attached hydrogen (secondary N) is 2. The van der Waals surface area contributed by atoms with E-state index in [1.165, 1.54) is 0 Å². The molecule has 5 rings (SSSR count). The number of aryl methyl sites for hydroxylation is 1. The predicted molar refractivity (Wildman–Crippen MR) is 101 cm³/mol. The van der Waals surface area contributed by atoms with E-state index in [4.69, 9.17) is 0 Å². The number of hydrogen-bond acceptors (Lipinski definition) is 4. The third-order valence-electron chi connectivity index (χ3n) is 5.01. The first-order valence-corrected chi connectivity index (χ1v) is 9.02. The molecule has 1 aliphatic carbocycles. The first kappa shape index (κ1) is 15.7. The number of nitrogens with zero attached hydrogens (tertiary/aromatic N) is 4. The molecule has 0 bridgehead atoms. The topological polar surface area (TPSA) is 88.5 Å². The van der Waals surface area contributed by atoms with Crippen molar-refractivity contribution in [2.45, 2.75) is 25.8 Å². The van der Waals surface area contributed by atoms with E-state index < -0.39 is 0 Å². The summed E-state index contributed by atoms with van der Waals surface area (Å²) in [7, 11) is 0. The molecule has 3 heterocycles. The van der Waals surface area contributed by atoms with Crippen LogP contribution in [-0.2, 0) is 19.4 Å². The fourth-order valence-electron chi connectivity index (χ4n) is 3.68. The number of imidazole rings is 1. The monoisotopic (exact) mass is 358 g/mol. The normalized spacial score (nSPS) is 13.0. The van der Waals surface area contributed by atoms with Gasteiger partial charge in [-0.1, -0.05) is 18.2 Å². The fourth-order valence-corrected chi connectivity index (χ4v) is 3.68. The minimum Gasteiger partial charge on any atom is -0.346 e. The highest BCUT2D eigenvalue weighted by Crippen LogP contribution is 2.23. The lowest BCUT2D eigenvalue weighted by Crippen LogP contribution is -2.25. The second kappa shape index (κ2) is 6.35. The van der Waals surface area contributed by atoms with Gasteiger partial charge in [0.1, 0.15) is 12.1 Å². The number of aromatic nitrogens is 5. The van der Waals surface area contributed by atoms with Crippen LogP contribution >= 0.6 is 0 Å². The molecule has 0 spiro atoms. The second-order valence-electron chi connectivity index (χ2n) is 6.65. The van der Waals surface area contributed by atoms with E-state index in [9.17, 15) is 4.79 Å². The van der Waals surface area contributed by atoms with Crippen molar-refractivity contribution in [3.05, 3.63) is 71.4 Å². The smallest absolute Gasteiger partial charge is 0.272 e. The van der Waals surface area contributed by atoms with Gasteiger partial charge in [-0.25, -0.2) is 9.97 Å². The Morgan fingerprint density at radius 3 is 3.04 bits per heavy atom. The van der Waals surface area contributed by atoms with Gasteiger partial charge in [-0.2, -0.15) is 5.10 Å². The average molecular weight is 358 g/mol. The van der Waals surface area contributed by atoms with E-state index in [-0.39, 0.29) is 5.91 Å². The molecule has 0 radical (unpaired) electrons. The van der Waals surface area contributed by atoms with Gasteiger partial charge in [0.25, 0.3) is 5.91 Å². The Hall–Kier alpha value is -3.48. The van der Waals surface area contributed by atoms with Crippen molar-refractivity contribution in [1.82, 2.24) is 30.0 Å². The molecule has 0 fully saturated rings. The van der Waals surface area contributed by atoms with E-state index in [0.29, 0.717) is 12.2 Å². The first-order valence-electron chi connectivity index (χ1n) is 9.02. The van der Waals surface area contributed by atoms with E-state index in [1.807, 2.05) is 41.0 Å². The zero-order valence-corrected chi connectivity index (χ0v) is 14.6. The largest absolute Gasteiger partial charge is 0.346 e. The van der Waals surface area contributed by atoms with Gasteiger partial charge in [0.15, 0.2) is 5.69 Å². The lowest BCUT2D eigenvalue weighted by Gasteiger charge is -2.11. The van der Waals surface area contributed by atoms with Crippen molar-refractivity contribution in [1.29, 1.82) is 0 Å². The summed E-state index contributed by atoms with van der Waals surface area (Å²) in [5.41, 5.74) is 5.47. The molecular formula is C20H18N6O. The molecule has 7 nitrogen and oxygen atoms in total. The highest BCUT2D eigenvalue weighted by Gasteiger charge is 2.23. The Labute approximate surface area is 155 Å². The van der Waals surface area contributed by atoms with Crippen LogP contribution < -0.4 is 5.32 Å². The van der Waals surface area contributed by atoms with Gasteiger partial charge in [-0.05, 0) is 37.5 Å². The highest BCUT2D eigenvalue weighted by molar-refractivity contribution is 5.94. The minimum absolute atomic E-state index is 0.153. The second-order valence-corrected chi connectivity index (χ2v) is 6.65. The number of pyridine rings is 1. The Morgan fingerprint density at radius 1 is 1.15 bits per heavy atom. The fraction of sp³-hybridized carbons (Fsp3) is 0.200. The van der Waals surface area contributed by atoms with Crippen LogP contribution in [-0.4, -0.2) is 30.6 Å². The third kappa shape index (κ3) is 2.68. The molecule has 0 saturated carbocycles. The van der Waals surface area contributed by atoms with Crippen molar-refractivity contribution in [3.63, 3.8) is 0 Å². The molecule has 0 atom stereocenters. The highest BCUT2D eigenvalue weighted by atomic mass is 16.1. The van der Waals surface area contributed by atoms with Crippen LogP contribution in [0.15, 0.2) is 48.9 Å². The summed E-state index contributed by atoms with van der Waals surface area (Å²) >= 11 is 0. The Balaban J connectivity index is 1.42. The number of benzene rings is 1. The lowest BCUT2D eigenvalue weighted by molar-refractivity contribution is 0.0945. The number of H-pyrrole nitrogens is 1. The zero-order valence-electron chi connectivity index (χ0n) is 14.6. The van der Waals surface area contributed by atoms with Crippen molar-refractivity contribution in [2.75, 3.05) is 0 Å². The van der Waals surface area contributed by atoms with Crippen LogP contribution in [0.5, 0.6) is 0 Å². The maximum absolute atomic E-state index is 12.6. The van der Waals surface area contributed by atoms with Gasteiger partial charge >= 0.3 is 0 Å². The summed E-state index contributed by atoms with van der Waals surface area (Å²) in [6.45, 7) is 0.371. The first-order chi connectivity index (χ1) is 13.3. The lowest BCUT2D eigenvalue weighted by atomic mass is 10.2. The van der Waals surface area contributed by atoms with Crippen LogP contribution in [0, 0.1) is 0 Å². The van der Waals surface area contributed by atoms with Gasteiger partial charge < -0.3 is 5.32 Å². The van der Waals surface area contributed by atoms with Crippen molar-refractivity contribution < 1.29 is 4.79 Å². The number of rotatable bonds is 4. The number of aromatic amines is 1. The van der Waals surface area contributed by atoms with E-state index in [1.54, 1.807) is 12.5 Å². The van der Waals surface area contributed by atoms with Crippen LogP contribution in [0.4, 0.5) is 0 Å². The standard InChI is InChI=1S/C20H18N6O/c27-20(18-14-6-3-8-15(14)24-25-18)22-11-13-5-4-10-21-19(13)26-12-23-16-7-1-2-9-17(16)26/h1-2,4-5,7,9-10,12H,3,6,8,11H2,(H,22,27)(H,24,25). The molecule has 2 N–H and O–H groups in total. The molecule has 27 heavy (non-hydrogen) atoms. The predicted octanol–water partition coefficient (Wildman–Crippen LogP) is 2.56. The molecule has 1 aliphatic rings. The number of amides is 1. The zero-order chi connectivity index (χ0) is 18.2. The average Bonchev–Trinajstić information content (AvgIpc) is 3.41. The van der Waals surface area contributed by atoms with Gasteiger partial charge in [-0.3, -0.25) is 14.5 Å². The van der Waals surface area contributed by atoms with Gasteiger partial charge in [-0.15, -0.1) is 0 Å². The summed E-state index contributed by atoms with van der Waals surface area (Å²) in [6.07, 6.45) is 6.46. The molecule has 3 aromatic heterocycles. The summed E-state index contributed by atoms with van der Waals surface area (Å²) in [5, 5.41) is 10.2. The molecule has 7 heteroatoms. The van der Waals surface area contributed by atoms with E-state index >= 15 is 0 Å². The Kier molecular flexibility index (Phi) is 3.71. The minimum atomic E-state index is -0.153. The summed E-state index contributed by atoms with van der Waals surface area (Å²) in [4.78, 5) is 21.6. The number of carbonyl (C=O) groups is 1. The molecule has 0 saturated heterocycles. The van der Waals surface area contributed by atoms with Crippen molar-refractivity contribution in [2.24, 2.45) is 0 Å². The quantitative estimate of drug-likeness (QED) is 0.587. The summed E-state index contributed by atoms with van der Waals surface area (Å²) in [6, 6.07) is 11.7. The molecule has 0 aliphatic heterocycles.